The summed E-state index contributed by atoms with van der Waals surface area (Å²) in [5, 5.41) is 3.34. The maximum Gasteiger partial charge on any atom is 0.417 e. The van der Waals surface area contributed by atoms with Crippen LogP contribution in [0.3, 0.4) is 0 Å². The largest absolute Gasteiger partial charge is 0.447 e. The summed E-state index contributed by atoms with van der Waals surface area (Å²) >= 11 is 0. The standard InChI is InChI=1S/C25H33N7O3/c1-5-21-16-35-25(34)32(21)24-28-18(4)27-23(29-24)26-17(3)20-9-7-19(8-10-20)15-30-11-13-31(14-12-30)22(33)6-2/h6-10,17,21H,2,5,11-16H2,1,3-4H3,(H,26,27,28,29)/t17-,21-/m0/s1. The van der Waals surface area contributed by atoms with Gasteiger partial charge in [-0.1, -0.05) is 37.8 Å². The Morgan fingerprint density at radius 3 is 2.57 bits per heavy atom. The normalized spacial score (nSPS) is 19.4. The Kier molecular flexibility index (Phi) is 7.60. The predicted octanol–water partition coefficient (Wildman–Crippen LogP) is 2.92. The van der Waals surface area contributed by atoms with Crippen LogP contribution in [0.4, 0.5) is 16.7 Å². The first kappa shape index (κ1) is 24.6. The van der Waals surface area contributed by atoms with Crippen molar-refractivity contribution in [3.8, 4) is 0 Å². The average molecular weight is 480 g/mol. The van der Waals surface area contributed by atoms with E-state index < -0.39 is 6.09 Å². The van der Waals surface area contributed by atoms with Crippen LogP contribution in [0.15, 0.2) is 36.9 Å². The average Bonchev–Trinajstić information content (AvgIpc) is 3.24. The number of amides is 2. The van der Waals surface area contributed by atoms with Crippen LogP contribution in [0, 0.1) is 6.92 Å². The highest BCUT2D eigenvalue weighted by atomic mass is 16.6. The summed E-state index contributed by atoms with van der Waals surface area (Å²) in [6.07, 6.45) is 1.71. The number of carbonyl (C=O) groups is 2. The highest BCUT2D eigenvalue weighted by Gasteiger charge is 2.35. The van der Waals surface area contributed by atoms with Gasteiger partial charge in [0.25, 0.3) is 0 Å². The van der Waals surface area contributed by atoms with Crippen molar-refractivity contribution in [2.24, 2.45) is 0 Å². The topological polar surface area (TPSA) is 104 Å². The zero-order valence-corrected chi connectivity index (χ0v) is 20.6. The lowest BCUT2D eigenvalue weighted by Crippen LogP contribution is -2.47. The van der Waals surface area contributed by atoms with E-state index >= 15 is 0 Å². The third kappa shape index (κ3) is 5.76. The van der Waals surface area contributed by atoms with Gasteiger partial charge in [0.05, 0.1) is 12.1 Å². The minimum absolute atomic E-state index is 0.00141. The molecule has 0 aliphatic carbocycles. The van der Waals surface area contributed by atoms with Crippen LogP contribution in [-0.2, 0) is 16.1 Å². The third-order valence-corrected chi connectivity index (χ3v) is 6.47. The molecule has 35 heavy (non-hydrogen) atoms. The molecule has 2 aliphatic heterocycles. The Morgan fingerprint density at radius 1 is 1.20 bits per heavy atom. The van der Waals surface area contributed by atoms with E-state index in [0.29, 0.717) is 24.3 Å². The van der Waals surface area contributed by atoms with Gasteiger partial charge in [-0.25, -0.2) is 9.69 Å². The van der Waals surface area contributed by atoms with Gasteiger partial charge in [-0.15, -0.1) is 0 Å². The van der Waals surface area contributed by atoms with Crippen molar-refractivity contribution in [1.82, 2.24) is 24.8 Å². The van der Waals surface area contributed by atoms with Crippen molar-refractivity contribution in [3.05, 3.63) is 53.9 Å². The van der Waals surface area contributed by atoms with E-state index in [2.05, 4.69) is 56.0 Å². The van der Waals surface area contributed by atoms with E-state index in [1.54, 1.807) is 6.92 Å². The van der Waals surface area contributed by atoms with Crippen LogP contribution in [-0.4, -0.2) is 75.6 Å². The second kappa shape index (κ2) is 10.8. The number of cyclic esters (lactones) is 1. The van der Waals surface area contributed by atoms with Crippen LogP contribution >= 0.6 is 0 Å². The number of hydrogen-bond donors (Lipinski definition) is 1. The number of nitrogens with one attached hydrogen (secondary N) is 1. The van der Waals surface area contributed by atoms with Crippen molar-refractivity contribution in [1.29, 1.82) is 0 Å². The summed E-state index contributed by atoms with van der Waals surface area (Å²) in [5.41, 5.74) is 2.32. The number of benzene rings is 1. The zero-order valence-electron chi connectivity index (χ0n) is 20.6. The molecule has 10 nitrogen and oxygen atoms in total. The van der Waals surface area contributed by atoms with Gasteiger partial charge < -0.3 is 15.0 Å². The number of hydrogen-bond acceptors (Lipinski definition) is 8. The predicted molar refractivity (Wildman–Crippen MR) is 133 cm³/mol. The van der Waals surface area contributed by atoms with Crippen molar-refractivity contribution >= 4 is 23.9 Å². The number of rotatable bonds is 8. The molecule has 2 amide bonds. The first-order chi connectivity index (χ1) is 16.9. The SMILES string of the molecule is C=CC(=O)N1CCN(Cc2ccc([C@H](C)Nc3nc(C)nc(N4C(=O)OC[C@@H]4CC)n3)cc2)CC1. The number of ether oxygens (including phenoxy) is 1. The van der Waals surface area contributed by atoms with Gasteiger partial charge in [0.2, 0.25) is 17.8 Å². The van der Waals surface area contributed by atoms with Crippen molar-refractivity contribution in [2.45, 2.75) is 45.8 Å². The van der Waals surface area contributed by atoms with Crippen LogP contribution in [0.5, 0.6) is 0 Å². The first-order valence-electron chi connectivity index (χ1n) is 12.1. The van der Waals surface area contributed by atoms with Gasteiger partial charge in [0.1, 0.15) is 12.4 Å². The van der Waals surface area contributed by atoms with E-state index in [9.17, 15) is 9.59 Å². The summed E-state index contributed by atoms with van der Waals surface area (Å²) in [6.45, 7) is 13.7. The molecule has 2 aromatic rings. The van der Waals surface area contributed by atoms with Gasteiger partial charge in [0.15, 0.2) is 0 Å². The van der Waals surface area contributed by atoms with Crippen molar-refractivity contribution in [3.63, 3.8) is 0 Å². The summed E-state index contributed by atoms with van der Waals surface area (Å²) in [6, 6.07) is 8.34. The Bertz CT molecular complexity index is 1070. The molecule has 4 rings (SSSR count). The number of aromatic nitrogens is 3. The molecule has 2 fully saturated rings. The van der Waals surface area contributed by atoms with E-state index in [4.69, 9.17) is 4.74 Å². The molecule has 2 atom stereocenters. The third-order valence-electron chi connectivity index (χ3n) is 6.47. The summed E-state index contributed by atoms with van der Waals surface area (Å²) in [5.74, 6) is 1.27. The van der Waals surface area contributed by atoms with Crippen LogP contribution in [0.1, 0.15) is 43.3 Å². The van der Waals surface area contributed by atoms with E-state index in [1.165, 1.54) is 16.5 Å². The minimum atomic E-state index is -0.425. The Labute approximate surface area is 206 Å². The van der Waals surface area contributed by atoms with Crippen molar-refractivity contribution in [2.75, 3.05) is 43.0 Å². The first-order valence-corrected chi connectivity index (χ1v) is 12.1. The molecule has 2 aliphatic rings. The molecule has 0 spiro atoms. The molecular formula is C25H33N7O3. The van der Waals surface area contributed by atoms with Crippen LogP contribution in [0.25, 0.3) is 0 Å². The number of piperazine rings is 1. The fraction of sp³-hybridized carbons (Fsp3) is 0.480. The summed E-state index contributed by atoms with van der Waals surface area (Å²) < 4.78 is 5.18. The lowest BCUT2D eigenvalue weighted by atomic mass is 10.1. The molecule has 0 bridgehead atoms. The Balaban J connectivity index is 1.37. The molecule has 3 heterocycles. The van der Waals surface area contributed by atoms with E-state index in [-0.39, 0.29) is 18.0 Å². The van der Waals surface area contributed by atoms with Gasteiger partial charge in [-0.2, -0.15) is 15.0 Å². The molecular weight excluding hydrogens is 446 g/mol. The number of aryl methyl sites for hydroxylation is 1. The molecule has 1 N–H and O–H groups in total. The summed E-state index contributed by atoms with van der Waals surface area (Å²) in [4.78, 5) is 42.9. The number of anilines is 2. The molecule has 0 unspecified atom stereocenters. The molecule has 0 radical (unpaired) electrons. The van der Waals surface area contributed by atoms with E-state index in [0.717, 1.165) is 44.7 Å². The Hall–Kier alpha value is -3.53. The maximum absolute atomic E-state index is 12.2. The lowest BCUT2D eigenvalue weighted by Gasteiger charge is -2.34. The van der Waals surface area contributed by atoms with Crippen LogP contribution < -0.4 is 10.2 Å². The molecule has 0 saturated carbocycles. The number of carbonyl (C=O) groups excluding carboxylic acids is 2. The smallest absolute Gasteiger partial charge is 0.417 e. The Morgan fingerprint density at radius 2 is 1.91 bits per heavy atom. The second-order valence-corrected chi connectivity index (χ2v) is 8.93. The monoisotopic (exact) mass is 479 g/mol. The lowest BCUT2D eigenvalue weighted by molar-refractivity contribution is -0.127. The minimum Gasteiger partial charge on any atom is -0.447 e. The molecule has 1 aromatic heterocycles. The van der Waals surface area contributed by atoms with E-state index in [1.807, 2.05) is 18.7 Å². The highest BCUT2D eigenvalue weighted by Crippen LogP contribution is 2.24. The van der Waals surface area contributed by atoms with Crippen molar-refractivity contribution < 1.29 is 14.3 Å². The quantitative estimate of drug-likeness (QED) is 0.577. The molecule has 10 heteroatoms. The fourth-order valence-electron chi connectivity index (χ4n) is 4.35. The molecule has 1 aromatic carbocycles. The van der Waals surface area contributed by atoms with Crippen LogP contribution in [0.2, 0.25) is 0 Å². The number of nitrogens with zero attached hydrogens (tertiary/aromatic N) is 6. The second-order valence-electron chi connectivity index (χ2n) is 8.93. The van der Waals surface area contributed by atoms with Gasteiger partial charge in [-0.05, 0) is 37.5 Å². The fourth-order valence-corrected chi connectivity index (χ4v) is 4.35. The molecule has 2 saturated heterocycles. The molecule has 186 valence electrons. The maximum atomic E-state index is 12.2. The summed E-state index contributed by atoms with van der Waals surface area (Å²) in [7, 11) is 0. The highest BCUT2D eigenvalue weighted by molar-refractivity contribution is 5.88. The van der Waals surface area contributed by atoms with Gasteiger partial charge in [0, 0.05) is 32.7 Å². The van der Waals surface area contributed by atoms with Gasteiger partial charge >= 0.3 is 6.09 Å². The zero-order chi connectivity index (χ0) is 24.9. The van der Waals surface area contributed by atoms with Gasteiger partial charge in [-0.3, -0.25) is 9.69 Å².